The number of hydrogen-bond donors (Lipinski definition) is 1. The first-order valence-corrected chi connectivity index (χ1v) is 2.57. The van der Waals surface area contributed by atoms with Crippen molar-refractivity contribution in [2.45, 2.75) is 6.42 Å². The molecule has 1 N–H and O–H groups in total. The standard InChI is InChI=1S/C6H7N2/c7-5-6-1-3-8-4-2-6/h1,4,8H,2-3H2. The second-order valence-corrected chi connectivity index (χ2v) is 1.66. The smallest absolute Gasteiger partial charge is 0.0944 e. The SMILES string of the molecule is N#CC1=CCN[CH]C1. The molecule has 1 radical (unpaired) electrons. The maximum absolute atomic E-state index is 8.32. The first-order valence-electron chi connectivity index (χ1n) is 2.57. The van der Waals surface area contributed by atoms with Gasteiger partial charge in [-0.25, -0.2) is 0 Å². The highest BCUT2D eigenvalue weighted by Crippen LogP contribution is 2.03. The van der Waals surface area contributed by atoms with Gasteiger partial charge in [-0.15, -0.1) is 0 Å². The highest BCUT2D eigenvalue weighted by Gasteiger charge is 1.99. The van der Waals surface area contributed by atoms with E-state index in [4.69, 9.17) is 5.26 Å². The molecule has 0 aromatic rings. The molecule has 41 valence electrons. The lowest BCUT2D eigenvalue weighted by molar-refractivity contribution is 0.813. The first kappa shape index (κ1) is 5.33. The van der Waals surface area contributed by atoms with Crippen LogP contribution in [0.5, 0.6) is 0 Å². The third-order valence-electron chi connectivity index (χ3n) is 1.08. The molecule has 0 unspecified atom stereocenters. The Bertz CT molecular complexity index is 141. The fourth-order valence-electron chi connectivity index (χ4n) is 0.622. The van der Waals surface area contributed by atoms with E-state index in [0.29, 0.717) is 0 Å². The minimum Gasteiger partial charge on any atom is -0.309 e. The molecule has 1 rings (SSSR count). The number of nitriles is 1. The average Bonchev–Trinajstić information content (AvgIpc) is 1.90. The molecule has 0 aliphatic carbocycles. The summed E-state index contributed by atoms with van der Waals surface area (Å²) in [5.74, 6) is 0. The van der Waals surface area contributed by atoms with Crippen LogP contribution in [0.3, 0.4) is 0 Å². The second-order valence-electron chi connectivity index (χ2n) is 1.66. The van der Waals surface area contributed by atoms with Crippen LogP contribution < -0.4 is 5.32 Å². The zero-order valence-electron chi connectivity index (χ0n) is 4.52. The Balaban J connectivity index is 2.53. The quantitative estimate of drug-likeness (QED) is 0.491. The van der Waals surface area contributed by atoms with Gasteiger partial charge >= 0.3 is 0 Å². The van der Waals surface area contributed by atoms with Gasteiger partial charge in [-0.3, -0.25) is 0 Å². The normalized spacial score (nSPS) is 19.1. The van der Waals surface area contributed by atoms with Gasteiger partial charge in [0.05, 0.1) is 6.07 Å². The zero-order valence-corrected chi connectivity index (χ0v) is 4.52. The maximum atomic E-state index is 8.32. The Labute approximate surface area is 48.8 Å². The summed E-state index contributed by atoms with van der Waals surface area (Å²) >= 11 is 0. The van der Waals surface area contributed by atoms with E-state index in [1.165, 1.54) is 0 Å². The number of rotatable bonds is 0. The van der Waals surface area contributed by atoms with Crippen molar-refractivity contribution >= 4 is 0 Å². The van der Waals surface area contributed by atoms with Crippen molar-refractivity contribution in [3.05, 3.63) is 18.2 Å². The molecule has 2 nitrogen and oxygen atoms in total. The van der Waals surface area contributed by atoms with Gasteiger partial charge in [-0.1, -0.05) is 6.08 Å². The Hall–Kier alpha value is -0.810. The van der Waals surface area contributed by atoms with E-state index in [1.807, 2.05) is 12.6 Å². The first-order chi connectivity index (χ1) is 3.93. The van der Waals surface area contributed by atoms with Crippen molar-refractivity contribution in [3.63, 3.8) is 0 Å². The topological polar surface area (TPSA) is 35.8 Å². The molecule has 0 amide bonds. The zero-order chi connectivity index (χ0) is 5.82. The summed E-state index contributed by atoms with van der Waals surface area (Å²) in [6.07, 6.45) is 2.68. The largest absolute Gasteiger partial charge is 0.309 e. The minimum absolute atomic E-state index is 0.774. The molecule has 1 aliphatic rings. The van der Waals surface area contributed by atoms with Crippen molar-refractivity contribution in [3.8, 4) is 6.07 Å². The Kier molecular flexibility index (Phi) is 1.66. The number of nitrogens with one attached hydrogen (secondary N) is 1. The summed E-state index contributed by atoms with van der Waals surface area (Å²) in [6, 6.07) is 2.09. The fourth-order valence-corrected chi connectivity index (χ4v) is 0.622. The summed E-state index contributed by atoms with van der Waals surface area (Å²) < 4.78 is 0. The molecule has 0 saturated heterocycles. The molecular formula is C6H7N2. The third kappa shape index (κ3) is 1.08. The molecular weight excluding hydrogens is 100 g/mol. The predicted molar refractivity (Wildman–Crippen MR) is 30.6 cm³/mol. The lowest BCUT2D eigenvalue weighted by Crippen LogP contribution is -2.14. The van der Waals surface area contributed by atoms with Crippen LogP contribution in [-0.2, 0) is 0 Å². The van der Waals surface area contributed by atoms with Crippen LogP contribution in [0.2, 0.25) is 0 Å². The van der Waals surface area contributed by atoms with Crippen molar-refractivity contribution in [1.82, 2.24) is 5.32 Å². The highest BCUT2D eigenvalue weighted by atomic mass is 14.8. The number of hydrogen-bond acceptors (Lipinski definition) is 2. The molecule has 1 heterocycles. The maximum Gasteiger partial charge on any atom is 0.0944 e. The molecule has 0 fully saturated rings. The lowest BCUT2D eigenvalue weighted by Gasteiger charge is -2.05. The van der Waals surface area contributed by atoms with Crippen molar-refractivity contribution in [2.75, 3.05) is 6.54 Å². The van der Waals surface area contributed by atoms with Crippen LogP contribution in [0, 0.1) is 17.9 Å². The second kappa shape index (κ2) is 2.49. The van der Waals surface area contributed by atoms with Crippen LogP contribution in [0.1, 0.15) is 6.42 Å². The van der Waals surface area contributed by atoms with E-state index in [9.17, 15) is 0 Å². The molecule has 8 heavy (non-hydrogen) atoms. The Morgan fingerprint density at radius 2 is 2.62 bits per heavy atom. The van der Waals surface area contributed by atoms with Crippen molar-refractivity contribution in [1.29, 1.82) is 5.26 Å². The van der Waals surface area contributed by atoms with Gasteiger partial charge in [0, 0.05) is 18.7 Å². The van der Waals surface area contributed by atoms with E-state index in [0.717, 1.165) is 18.5 Å². The molecule has 0 spiro atoms. The van der Waals surface area contributed by atoms with Gasteiger partial charge in [0.2, 0.25) is 0 Å². The molecule has 0 saturated carbocycles. The fraction of sp³-hybridized carbons (Fsp3) is 0.333. The third-order valence-corrected chi connectivity index (χ3v) is 1.08. The van der Waals surface area contributed by atoms with Gasteiger partial charge in [0.25, 0.3) is 0 Å². The summed E-state index contributed by atoms with van der Waals surface area (Å²) in [5, 5.41) is 11.3. The Morgan fingerprint density at radius 3 is 3.00 bits per heavy atom. The molecule has 0 aromatic carbocycles. The van der Waals surface area contributed by atoms with E-state index < -0.39 is 0 Å². The summed E-state index contributed by atoms with van der Waals surface area (Å²) in [7, 11) is 0. The molecule has 2 heteroatoms. The van der Waals surface area contributed by atoms with E-state index in [-0.39, 0.29) is 0 Å². The van der Waals surface area contributed by atoms with E-state index in [2.05, 4.69) is 11.4 Å². The van der Waals surface area contributed by atoms with Crippen LogP contribution in [0.4, 0.5) is 0 Å². The van der Waals surface area contributed by atoms with Gasteiger partial charge in [-0.2, -0.15) is 5.26 Å². The summed E-state index contributed by atoms with van der Waals surface area (Å²) in [5.41, 5.74) is 0.865. The molecule has 0 aromatic heterocycles. The van der Waals surface area contributed by atoms with E-state index in [1.54, 1.807) is 0 Å². The van der Waals surface area contributed by atoms with Gasteiger partial charge in [0.1, 0.15) is 0 Å². The monoisotopic (exact) mass is 107 g/mol. The predicted octanol–water partition coefficient (Wildman–Crippen LogP) is 0.591. The number of nitrogens with zero attached hydrogens (tertiary/aromatic N) is 1. The lowest BCUT2D eigenvalue weighted by atomic mass is 10.1. The summed E-state index contributed by atoms with van der Waals surface area (Å²) in [4.78, 5) is 0. The molecule has 0 atom stereocenters. The van der Waals surface area contributed by atoms with Crippen LogP contribution in [0.15, 0.2) is 11.6 Å². The van der Waals surface area contributed by atoms with Gasteiger partial charge in [-0.05, 0) is 6.42 Å². The summed E-state index contributed by atoms with van der Waals surface area (Å²) in [6.45, 7) is 2.71. The van der Waals surface area contributed by atoms with Crippen molar-refractivity contribution < 1.29 is 0 Å². The van der Waals surface area contributed by atoms with E-state index >= 15 is 0 Å². The van der Waals surface area contributed by atoms with Gasteiger partial charge < -0.3 is 5.32 Å². The molecule has 1 aliphatic heterocycles. The van der Waals surface area contributed by atoms with Gasteiger partial charge in [0.15, 0.2) is 0 Å². The van der Waals surface area contributed by atoms with Crippen molar-refractivity contribution in [2.24, 2.45) is 0 Å². The Morgan fingerprint density at radius 1 is 1.75 bits per heavy atom. The van der Waals surface area contributed by atoms with Crippen LogP contribution in [0.25, 0.3) is 0 Å². The average molecular weight is 107 g/mol. The highest BCUT2D eigenvalue weighted by molar-refractivity contribution is 5.24. The van der Waals surface area contributed by atoms with Crippen LogP contribution in [-0.4, -0.2) is 6.54 Å². The van der Waals surface area contributed by atoms with Crippen LogP contribution >= 0.6 is 0 Å². The minimum atomic E-state index is 0.774. The molecule has 0 bridgehead atoms.